The number of pyridine rings is 1. The van der Waals surface area contributed by atoms with E-state index >= 15 is 0 Å². The third kappa shape index (κ3) is 2.12. The Kier molecular flexibility index (Phi) is 3.21. The molecular formula is C18H19N3O. The van der Waals surface area contributed by atoms with Gasteiger partial charge in [0.25, 0.3) is 0 Å². The van der Waals surface area contributed by atoms with Crippen molar-refractivity contribution in [2.75, 3.05) is 6.61 Å². The van der Waals surface area contributed by atoms with Crippen LogP contribution in [0.3, 0.4) is 0 Å². The Labute approximate surface area is 129 Å². The first-order chi connectivity index (χ1) is 10.8. The average molecular weight is 293 g/mol. The maximum absolute atomic E-state index is 9.99. The fraction of sp³-hybridized carbons (Fsp3) is 0.278. The molecule has 112 valence electrons. The van der Waals surface area contributed by atoms with E-state index in [4.69, 9.17) is 0 Å². The van der Waals surface area contributed by atoms with E-state index in [0.29, 0.717) is 6.54 Å². The first-order valence-electron chi connectivity index (χ1n) is 7.68. The molecule has 1 aliphatic rings. The summed E-state index contributed by atoms with van der Waals surface area (Å²) < 4.78 is 2.02. The molecule has 2 aromatic heterocycles. The Hall–Kier alpha value is -2.17. The summed E-state index contributed by atoms with van der Waals surface area (Å²) in [6.07, 6.45) is 5.97. The summed E-state index contributed by atoms with van der Waals surface area (Å²) in [6.45, 7) is 0.758. The lowest BCUT2D eigenvalue weighted by Crippen LogP contribution is -2.43. The Bertz CT molecular complexity index is 778. The Morgan fingerprint density at radius 3 is 2.91 bits per heavy atom. The summed E-state index contributed by atoms with van der Waals surface area (Å²) in [5.74, 6) is 0. The maximum Gasteiger partial charge on any atom is 0.137 e. The van der Waals surface area contributed by atoms with Crippen LogP contribution >= 0.6 is 0 Å². The van der Waals surface area contributed by atoms with Crippen LogP contribution in [0.15, 0.2) is 54.9 Å². The molecule has 0 saturated carbocycles. The van der Waals surface area contributed by atoms with Crippen molar-refractivity contribution in [2.45, 2.75) is 24.9 Å². The molecule has 0 saturated heterocycles. The van der Waals surface area contributed by atoms with E-state index in [1.807, 2.05) is 41.1 Å². The van der Waals surface area contributed by atoms with Crippen molar-refractivity contribution in [1.29, 1.82) is 0 Å². The molecule has 1 atom stereocenters. The lowest BCUT2D eigenvalue weighted by Gasteiger charge is -2.29. The number of rotatable bonds is 4. The largest absolute Gasteiger partial charge is 0.394 e. The predicted octanol–water partition coefficient (Wildman–Crippen LogP) is 2.26. The second-order valence-electron chi connectivity index (χ2n) is 5.95. The maximum atomic E-state index is 9.99. The molecule has 0 fully saturated rings. The zero-order valence-corrected chi connectivity index (χ0v) is 12.4. The summed E-state index contributed by atoms with van der Waals surface area (Å²) in [5.41, 5.74) is 4.15. The number of aromatic nitrogens is 2. The first-order valence-corrected chi connectivity index (χ1v) is 7.68. The molecule has 0 spiro atoms. The summed E-state index contributed by atoms with van der Waals surface area (Å²) in [4.78, 5) is 4.61. The number of fused-ring (bicyclic) bond motifs is 2. The van der Waals surface area contributed by atoms with E-state index in [1.54, 1.807) is 0 Å². The fourth-order valence-electron chi connectivity index (χ4n) is 3.42. The minimum Gasteiger partial charge on any atom is -0.394 e. The van der Waals surface area contributed by atoms with Crippen molar-refractivity contribution in [3.63, 3.8) is 0 Å². The summed E-state index contributed by atoms with van der Waals surface area (Å²) in [7, 11) is 0. The molecule has 0 radical (unpaired) electrons. The van der Waals surface area contributed by atoms with Gasteiger partial charge in [-0.15, -0.1) is 0 Å². The number of hydrogen-bond donors (Lipinski definition) is 2. The van der Waals surface area contributed by atoms with Gasteiger partial charge < -0.3 is 9.51 Å². The van der Waals surface area contributed by atoms with Gasteiger partial charge in [-0.25, -0.2) is 4.98 Å². The van der Waals surface area contributed by atoms with Gasteiger partial charge in [0.2, 0.25) is 0 Å². The van der Waals surface area contributed by atoms with Crippen molar-refractivity contribution in [3.05, 3.63) is 71.7 Å². The van der Waals surface area contributed by atoms with Crippen LogP contribution in [0.5, 0.6) is 0 Å². The molecule has 22 heavy (non-hydrogen) atoms. The monoisotopic (exact) mass is 293 g/mol. The van der Waals surface area contributed by atoms with E-state index < -0.39 is 0 Å². The third-order valence-electron chi connectivity index (χ3n) is 4.65. The van der Waals surface area contributed by atoms with E-state index in [1.165, 1.54) is 11.1 Å². The van der Waals surface area contributed by atoms with Crippen molar-refractivity contribution in [2.24, 2.45) is 0 Å². The third-order valence-corrected chi connectivity index (χ3v) is 4.65. The molecule has 0 amide bonds. The topological polar surface area (TPSA) is 49.6 Å². The van der Waals surface area contributed by atoms with Gasteiger partial charge in [-0.2, -0.15) is 0 Å². The van der Waals surface area contributed by atoms with Gasteiger partial charge >= 0.3 is 0 Å². The number of hydrogen-bond acceptors (Lipinski definition) is 3. The van der Waals surface area contributed by atoms with Crippen molar-refractivity contribution in [1.82, 2.24) is 14.7 Å². The number of nitrogens with one attached hydrogen (secondary N) is 1. The van der Waals surface area contributed by atoms with Crippen LogP contribution in [0.1, 0.15) is 23.2 Å². The number of aliphatic hydroxyl groups excluding tert-OH is 1. The Morgan fingerprint density at radius 1 is 1.18 bits per heavy atom. The summed E-state index contributed by atoms with van der Waals surface area (Å²) >= 11 is 0. The standard InChI is InChI=1S/C18H19N3O/c22-13-18(9-8-14-5-1-2-6-16(14)18)19-11-15-12-21-10-4-3-7-17(21)20-15/h1-7,10,12,19,22H,8-9,11,13H2. The van der Waals surface area contributed by atoms with Gasteiger partial charge in [0.15, 0.2) is 0 Å². The second kappa shape index (κ2) is 5.23. The van der Waals surface area contributed by atoms with Crippen LogP contribution in [0.4, 0.5) is 0 Å². The Balaban J connectivity index is 1.59. The molecule has 1 unspecified atom stereocenters. The van der Waals surface area contributed by atoms with Crippen LogP contribution in [0.2, 0.25) is 0 Å². The fourth-order valence-corrected chi connectivity index (χ4v) is 3.42. The van der Waals surface area contributed by atoms with E-state index in [2.05, 4.69) is 28.5 Å². The number of imidazole rings is 1. The molecule has 3 aromatic rings. The van der Waals surface area contributed by atoms with Gasteiger partial charge in [-0.05, 0) is 36.1 Å². The number of aliphatic hydroxyl groups is 1. The number of nitrogens with zero attached hydrogens (tertiary/aromatic N) is 2. The van der Waals surface area contributed by atoms with Gasteiger partial charge in [-0.1, -0.05) is 30.3 Å². The molecule has 1 aromatic carbocycles. The van der Waals surface area contributed by atoms with E-state index in [-0.39, 0.29) is 12.1 Å². The van der Waals surface area contributed by atoms with Crippen LogP contribution in [0, 0.1) is 0 Å². The highest BCUT2D eigenvalue weighted by Crippen LogP contribution is 2.36. The zero-order chi connectivity index (χ0) is 15.0. The van der Waals surface area contributed by atoms with Crippen LogP contribution in [-0.4, -0.2) is 21.1 Å². The lowest BCUT2D eigenvalue weighted by molar-refractivity contribution is 0.158. The van der Waals surface area contributed by atoms with Crippen LogP contribution < -0.4 is 5.32 Å². The highest BCUT2D eigenvalue weighted by molar-refractivity contribution is 5.40. The number of benzene rings is 1. The summed E-state index contributed by atoms with van der Waals surface area (Å²) in [5, 5.41) is 13.5. The molecule has 4 heteroatoms. The molecule has 0 bridgehead atoms. The normalized spacial score (nSPS) is 20.4. The van der Waals surface area contributed by atoms with Crippen LogP contribution in [0.25, 0.3) is 5.65 Å². The smallest absolute Gasteiger partial charge is 0.137 e. The molecule has 4 rings (SSSR count). The van der Waals surface area contributed by atoms with Gasteiger partial charge in [0, 0.05) is 18.9 Å². The van der Waals surface area contributed by atoms with Crippen molar-refractivity contribution >= 4 is 5.65 Å². The molecule has 4 nitrogen and oxygen atoms in total. The quantitative estimate of drug-likeness (QED) is 0.776. The lowest BCUT2D eigenvalue weighted by atomic mass is 9.92. The van der Waals surface area contributed by atoms with Crippen LogP contribution in [-0.2, 0) is 18.5 Å². The second-order valence-corrected chi connectivity index (χ2v) is 5.95. The van der Waals surface area contributed by atoms with E-state index in [9.17, 15) is 5.11 Å². The molecule has 2 heterocycles. The highest BCUT2D eigenvalue weighted by atomic mass is 16.3. The Morgan fingerprint density at radius 2 is 2.05 bits per heavy atom. The highest BCUT2D eigenvalue weighted by Gasteiger charge is 2.37. The number of aryl methyl sites for hydroxylation is 1. The van der Waals surface area contributed by atoms with Gasteiger partial charge in [0.05, 0.1) is 17.8 Å². The molecule has 2 N–H and O–H groups in total. The average Bonchev–Trinajstić information content (AvgIpc) is 3.15. The zero-order valence-electron chi connectivity index (χ0n) is 12.4. The van der Waals surface area contributed by atoms with Crippen molar-refractivity contribution < 1.29 is 5.11 Å². The summed E-state index contributed by atoms with van der Waals surface area (Å²) in [6, 6.07) is 14.4. The predicted molar refractivity (Wildman–Crippen MR) is 85.6 cm³/mol. The molecule has 1 aliphatic carbocycles. The van der Waals surface area contributed by atoms with Gasteiger partial charge in [0.1, 0.15) is 5.65 Å². The minimum absolute atomic E-state index is 0.109. The van der Waals surface area contributed by atoms with Gasteiger partial charge in [-0.3, -0.25) is 5.32 Å². The first kappa shape index (κ1) is 13.5. The molecule has 0 aliphatic heterocycles. The SMILES string of the molecule is OCC1(NCc2cn3ccccc3n2)CCc2ccccc21. The van der Waals surface area contributed by atoms with Crippen molar-refractivity contribution in [3.8, 4) is 0 Å². The molecular weight excluding hydrogens is 274 g/mol. The van der Waals surface area contributed by atoms with E-state index in [0.717, 1.165) is 24.2 Å². The minimum atomic E-state index is -0.341.